The highest BCUT2D eigenvalue weighted by atomic mass is 16.5. The van der Waals surface area contributed by atoms with Crippen LogP contribution in [0.4, 0.5) is 5.69 Å². The van der Waals surface area contributed by atoms with Crippen molar-refractivity contribution in [2.75, 3.05) is 18.6 Å². The van der Waals surface area contributed by atoms with E-state index in [2.05, 4.69) is 83.3 Å². The Morgan fingerprint density at radius 1 is 0.897 bits per heavy atom. The Labute approximate surface area is 172 Å². The van der Waals surface area contributed by atoms with Crippen LogP contribution < -0.4 is 20.5 Å². The monoisotopic (exact) mass is 385 g/mol. The molecule has 3 aromatic rings. The number of nitrogens with zero attached hydrogens (tertiary/aromatic N) is 1. The summed E-state index contributed by atoms with van der Waals surface area (Å²) in [5, 5.41) is 0. The van der Waals surface area contributed by atoms with E-state index in [1.807, 2.05) is 12.1 Å². The molecule has 1 fully saturated rings. The van der Waals surface area contributed by atoms with Gasteiger partial charge in [0.15, 0.2) is 0 Å². The molecular formula is C25H27N3O. The molecule has 2 aliphatic rings. The fourth-order valence-electron chi connectivity index (χ4n) is 4.70. The van der Waals surface area contributed by atoms with Gasteiger partial charge in [0.1, 0.15) is 5.75 Å². The van der Waals surface area contributed by atoms with E-state index in [1.165, 1.54) is 27.9 Å². The van der Waals surface area contributed by atoms with E-state index in [4.69, 9.17) is 4.74 Å². The first-order chi connectivity index (χ1) is 14.2. The molecule has 2 heterocycles. The molecule has 0 saturated carbocycles. The molecule has 0 radical (unpaired) electrons. The summed E-state index contributed by atoms with van der Waals surface area (Å²) in [6.45, 7) is 4.07. The highest BCUT2D eigenvalue weighted by molar-refractivity contribution is 5.58. The molecule has 2 aliphatic heterocycles. The van der Waals surface area contributed by atoms with E-state index >= 15 is 0 Å². The van der Waals surface area contributed by atoms with E-state index in [0.29, 0.717) is 12.0 Å². The van der Waals surface area contributed by atoms with Crippen molar-refractivity contribution in [3.05, 3.63) is 95.1 Å². The van der Waals surface area contributed by atoms with Crippen molar-refractivity contribution in [1.82, 2.24) is 10.9 Å². The summed E-state index contributed by atoms with van der Waals surface area (Å²) in [7, 11) is 1.71. The summed E-state index contributed by atoms with van der Waals surface area (Å²) in [5.74, 6) is 1.34. The average molecular weight is 386 g/mol. The van der Waals surface area contributed by atoms with Crippen LogP contribution in [0, 0.1) is 12.8 Å². The second-order valence-corrected chi connectivity index (χ2v) is 8.11. The zero-order valence-corrected chi connectivity index (χ0v) is 16.9. The lowest BCUT2D eigenvalue weighted by Gasteiger charge is -2.39. The van der Waals surface area contributed by atoms with E-state index in [9.17, 15) is 0 Å². The second-order valence-electron chi connectivity index (χ2n) is 8.11. The summed E-state index contributed by atoms with van der Waals surface area (Å²) in [4.78, 5) is 2.53. The van der Waals surface area contributed by atoms with Crippen LogP contribution in [-0.2, 0) is 6.54 Å². The Balaban J connectivity index is 1.46. The van der Waals surface area contributed by atoms with Crippen LogP contribution in [0.2, 0.25) is 0 Å². The van der Waals surface area contributed by atoms with Gasteiger partial charge in [0.2, 0.25) is 0 Å². The average Bonchev–Trinajstić information content (AvgIpc) is 3.19. The van der Waals surface area contributed by atoms with E-state index in [0.717, 1.165) is 18.8 Å². The number of fused-ring (bicyclic) bond motifs is 3. The van der Waals surface area contributed by atoms with Crippen LogP contribution in [0.3, 0.4) is 0 Å². The summed E-state index contributed by atoms with van der Waals surface area (Å²) >= 11 is 0. The van der Waals surface area contributed by atoms with Crippen molar-refractivity contribution in [2.24, 2.45) is 5.92 Å². The van der Waals surface area contributed by atoms with Gasteiger partial charge < -0.3 is 9.64 Å². The lowest BCUT2D eigenvalue weighted by atomic mass is 9.82. The highest BCUT2D eigenvalue weighted by Gasteiger charge is 2.42. The standard InChI is InChI=1S/C25H27N3O/c1-17-7-9-18(10-8-17)15-28-16-22-24(19-11-13-20(29-2)14-12-19)26-27-25(22)21-5-3-4-6-23(21)28/h3-14,22,24-27H,15-16H2,1-2H3. The summed E-state index contributed by atoms with van der Waals surface area (Å²) in [6.07, 6.45) is 0. The fraction of sp³-hybridized carbons (Fsp3) is 0.280. The van der Waals surface area contributed by atoms with Crippen LogP contribution >= 0.6 is 0 Å². The third-order valence-electron chi connectivity index (χ3n) is 6.26. The van der Waals surface area contributed by atoms with Crippen LogP contribution in [0.5, 0.6) is 5.75 Å². The number of methoxy groups -OCH3 is 1. The number of rotatable bonds is 4. The number of aryl methyl sites for hydroxylation is 1. The van der Waals surface area contributed by atoms with Gasteiger partial charge in [-0.3, -0.25) is 0 Å². The molecule has 0 aromatic heterocycles. The van der Waals surface area contributed by atoms with E-state index in [1.54, 1.807) is 7.11 Å². The smallest absolute Gasteiger partial charge is 0.118 e. The van der Waals surface area contributed by atoms with Crippen LogP contribution in [0.15, 0.2) is 72.8 Å². The fourth-order valence-corrected chi connectivity index (χ4v) is 4.70. The normalized spacial score (nSPS) is 22.8. The van der Waals surface area contributed by atoms with E-state index in [-0.39, 0.29) is 6.04 Å². The predicted octanol–water partition coefficient (Wildman–Crippen LogP) is 4.53. The number of hydrazine groups is 1. The van der Waals surface area contributed by atoms with Gasteiger partial charge in [-0.05, 0) is 41.8 Å². The van der Waals surface area contributed by atoms with Gasteiger partial charge in [0, 0.05) is 24.7 Å². The molecule has 0 amide bonds. The first kappa shape index (κ1) is 18.2. The van der Waals surface area contributed by atoms with Crippen molar-refractivity contribution in [3.63, 3.8) is 0 Å². The van der Waals surface area contributed by atoms with Gasteiger partial charge in [0.05, 0.1) is 19.2 Å². The van der Waals surface area contributed by atoms with Crippen molar-refractivity contribution in [2.45, 2.75) is 25.6 Å². The van der Waals surface area contributed by atoms with Crippen LogP contribution in [0.1, 0.15) is 34.3 Å². The highest BCUT2D eigenvalue weighted by Crippen LogP contribution is 2.45. The molecule has 148 valence electrons. The Morgan fingerprint density at radius 3 is 2.38 bits per heavy atom. The number of nitrogens with one attached hydrogen (secondary N) is 2. The number of ether oxygens (including phenoxy) is 1. The third-order valence-corrected chi connectivity index (χ3v) is 6.26. The zero-order chi connectivity index (χ0) is 19.8. The number of para-hydroxylation sites is 1. The van der Waals surface area contributed by atoms with Crippen LogP contribution in [-0.4, -0.2) is 13.7 Å². The molecule has 1 saturated heterocycles. The molecule has 3 aromatic carbocycles. The Hall–Kier alpha value is -2.82. The maximum Gasteiger partial charge on any atom is 0.118 e. The lowest BCUT2D eigenvalue weighted by molar-refractivity contribution is 0.400. The molecule has 5 rings (SSSR count). The number of hydrogen-bond donors (Lipinski definition) is 2. The number of hydrogen-bond acceptors (Lipinski definition) is 4. The second kappa shape index (κ2) is 7.54. The predicted molar refractivity (Wildman–Crippen MR) is 117 cm³/mol. The first-order valence-corrected chi connectivity index (χ1v) is 10.3. The van der Waals surface area contributed by atoms with Gasteiger partial charge >= 0.3 is 0 Å². The van der Waals surface area contributed by atoms with Gasteiger partial charge in [-0.2, -0.15) is 0 Å². The molecule has 4 nitrogen and oxygen atoms in total. The largest absolute Gasteiger partial charge is 0.497 e. The van der Waals surface area contributed by atoms with Crippen molar-refractivity contribution < 1.29 is 4.74 Å². The van der Waals surface area contributed by atoms with Crippen molar-refractivity contribution >= 4 is 5.69 Å². The first-order valence-electron chi connectivity index (χ1n) is 10.3. The summed E-state index contributed by atoms with van der Waals surface area (Å²) < 4.78 is 5.33. The van der Waals surface area contributed by atoms with Crippen LogP contribution in [0.25, 0.3) is 0 Å². The van der Waals surface area contributed by atoms with Crippen molar-refractivity contribution in [1.29, 1.82) is 0 Å². The minimum absolute atomic E-state index is 0.264. The van der Waals surface area contributed by atoms with Gasteiger partial charge in [-0.25, -0.2) is 10.9 Å². The van der Waals surface area contributed by atoms with Crippen molar-refractivity contribution in [3.8, 4) is 5.75 Å². The van der Waals surface area contributed by atoms with Gasteiger partial charge in [-0.15, -0.1) is 0 Å². The SMILES string of the molecule is COc1ccc(C2NNC3c4ccccc4N(Cc4ccc(C)cc4)CC23)cc1. The maximum atomic E-state index is 5.33. The Kier molecular flexibility index (Phi) is 4.74. The topological polar surface area (TPSA) is 36.5 Å². The maximum absolute atomic E-state index is 5.33. The Morgan fingerprint density at radius 2 is 1.62 bits per heavy atom. The minimum Gasteiger partial charge on any atom is -0.497 e. The molecule has 3 atom stereocenters. The number of benzene rings is 3. The third kappa shape index (κ3) is 3.39. The zero-order valence-electron chi connectivity index (χ0n) is 16.9. The molecule has 2 N–H and O–H groups in total. The lowest BCUT2D eigenvalue weighted by Crippen LogP contribution is -2.39. The summed E-state index contributed by atoms with van der Waals surface area (Å²) in [6, 6.07) is 26.7. The van der Waals surface area contributed by atoms with Gasteiger partial charge in [0.25, 0.3) is 0 Å². The molecule has 4 heteroatoms. The molecule has 0 bridgehead atoms. The number of anilines is 1. The molecule has 0 aliphatic carbocycles. The van der Waals surface area contributed by atoms with E-state index < -0.39 is 0 Å². The minimum atomic E-state index is 0.264. The molecule has 0 spiro atoms. The van der Waals surface area contributed by atoms with Gasteiger partial charge in [-0.1, -0.05) is 60.2 Å². The molecule has 3 unspecified atom stereocenters. The Bertz CT molecular complexity index is 984. The quantitative estimate of drug-likeness (QED) is 0.692. The summed E-state index contributed by atoms with van der Waals surface area (Å²) in [5.41, 5.74) is 13.8. The molecule has 29 heavy (non-hydrogen) atoms. The molecular weight excluding hydrogens is 358 g/mol.